The van der Waals surface area contributed by atoms with E-state index in [1.807, 2.05) is 13.8 Å². The molecule has 4 rings (SSSR count). The van der Waals surface area contributed by atoms with Crippen LogP contribution in [0.1, 0.15) is 42.9 Å². The molecule has 0 saturated heterocycles. The molecule has 15 heteroatoms. The predicted octanol–water partition coefficient (Wildman–Crippen LogP) is 5.24. The first-order valence-corrected chi connectivity index (χ1v) is 13.9. The lowest BCUT2D eigenvalue weighted by Gasteiger charge is -2.25. The lowest BCUT2D eigenvalue weighted by atomic mass is 9.97. The summed E-state index contributed by atoms with van der Waals surface area (Å²) in [6, 6.07) is 3.04. The van der Waals surface area contributed by atoms with Crippen LogP contribution in [0, 0.1) is 5.92 Å². The Bertz CT molecular complexity index is 1750. The molecule has 0 saturated carbocycles. The van der Waals surface area contributed by atoms with E-state index < -0.39 is 40.9 Å². The van der Waals surface area contributed by atoms with Crippen LogP contribution in [0.4, 0.5) is 23.8 Å². The lowest BCUT2D eigenvalue weighted by molar-refractivity contribution is -0.140. The van der Waals surface area contributed by atoms with Crippen molar-refractivity contribution in [2.75, 3.05) is 25.6 Å². The Morgan fingerprint density at radius 1 is 1.16 bits per heavy atom. The molecule has 1 atom stereocenters. The summed E-state index contributed by atoms with van der Waals surface area (Å²) in [6.07, 6.45) is -2.24. The van der Waals surface area contributed by atoms with E-state index in [9.17, 15) is 37.8 Å². The summed E-state index contributed by atoms with van der Waals surface area (Å²) in [5.41, 5.74) is -1.61. The molecule has 1 aromatic carbocycles. The topological polar surface area (TPSA) is 156 Å². The van der Waals surface area contributed by atoms with Crippen LogP contribution in [0.15, 0.2) is 40.8 Å². The van der Waals surface area contributed by atoms with Gasteiger partial charge in [-0.2, -0.15) is 13.2 Å². The van der Waals surface area contributed by atoms with Crippen LogP contribution in [-0.2, 0) is 6.18 Å². The van der Waals surface area contributed by atoms with Gasteiger partial charge in [0, 0.05) is 52.5 Å². The monoisotopic (exact) mass is 619 g/mol. The van der Waals surface area contributed by atoms with Crippen molar-refractivity contribution >= 4 is 40.1 Å². The zero-order valence-electron chi connectivity index (χ0n) is 23.4. The van der Waals surface area contributed by atoms with Crippen molar-refractivity contribution < 1.29 is 37.7 Å². The van der Waals surface area contributed by atoms with Gasteiger partial charge in [0.05, 0.1) is 25.3 Å². The third kappa shape index (κ3) is 6.32. The van der Waals surface area contributed by atoms with Crippen molar-refractivity contribution in [3.05, 3.63) is 57.5 Å². The molecule has 4 aromatic rings. The van der Waals surface area contributed by atoms with Crippen molar-refractivity contribution in [3.63, 3.8) is 0 Å². The quantitative estimate of drug-likeness (QED) is 0.198. The fourth-order valence-corrected chi connectivity index (χ4v) is 5.42. The molecule has 0 bridgehead atoms. The maximum atomic E-state index is 13.4. The number of alkyl halides is 3. The first kappa shape index (κ1) is 31.4. The van der Waals surface area contributed by atoms with E-state index in [0.717, 1.165) is 5.38 Å². The Balaban J connectivity index is 2.05. The maximum Gasteiger partial charge on any atom is 0.434 e. The molecular formula is C28H28F3N5O6S. The largest absolute Gasteiger partial charge is 0.496 e. The van der Waals surface area contributed by atoms with Crippen LogP contribution in [0.3, 0.4) is 0 Å². The van der Waals surface area contributed by atoms with Crippen molar-refractivity contribution in [2.24, 2.45) is 5.92 Å². The number of methoxy groups -OCH3 is 1. The fourth-order valence-electron chi connectivity index (χ4n) is 4.57. The summed E-state index contributed by atoms with van der Waals surface area (Å²) in [5.74, 6) is -1.42. The van der Waals surface area contributed by atoms with Crippen LogP contribution < -0.4 is 20.8 Å². The second-order valence-corrected chi connectivity index (χ2v) is 10.6. The van der Waals surface area contributed by atoms with E-state index in [1.165, 1.54) is 42.3 Å². The minimum Gasteiger partial charge on any atom is -0.496 e. The molecule has 0 aliphatic carbocycles. The van der Waals surface area contributed by atoms with E-state index in [1.54, 1.807) is 6.92 Å². The molecule has 3 heterocycles. The van der Waals surface area contributed by atoms with Gasteiger partial charge in [0.15, 0.2) is 5.69 Å². The molecule has 1 unspecified atom stereocenters. The van der Waals surface area contributed by atoms with Crippen LogP contribution in [0.25, 0.3) is 32.6 Å². The molecule has 4 N–H and O–H groups in total. The molecule has 228 valence electrons. The van der Waals surface area contributed by atoms with Gasteiger partial charge in [-0.25, -0.2) is 19.6 Å². The van der Waals surface area contributed by atoms with E-state index in [-0.39, 0.29) is 56.7 Å². The summed E-state index contributed by atoms with van der Waals surface area (Å²) in [4.78, 5) is 45.5. The molecule has 0 aliphatic rings. The van der Waals surface area contributed by atoms with Crippen LogP contribution >= 0.6 is 11.3 Å². The SMILES string of the molecule is CCNC(=O)Nc1cc(-c2nc(C(F)(F)F)cs2)c(-c2cc3c(=O)c(C(=O)O)cn(C(CO)C(C)C)c3cc2OC)cn1. The molecule has 43 heavy (non-hydrogen) atoms. The molecule has 0 radical (unpaired) electrons. The highest BCUT2D eigenvalue weighted by Crippen LogP contribution is 2.42. The highest BCUT2D eigenvalue weighted by Gasteiger charge is 2.34. The van der Waals surface area contributed by atoms with Gasteiger partial charge >= 0.3 is 18.2 Å². The summed E-state index contributed by atoms with van der Waals surface area (Å²) in [6.45, 7) is 5.33. The smallest absolute Gasteiger partial charge is 0.434 e. The highest BCUT2D eigenvalue weighted by atomic mass is 32.1. The third-order valence-corrected chi connectivity index (χ3v) is 7.57. The number of carboxylic acids is 1. The average molecular weight is 620 g/mol. The molecule has 2 amide bonds. The molecule has 3 aromatic heterocycles. The number of rotatable bonds is 9. The Morgan fingerprint density at radius 3 is 2.44 bits per heavy atom. The van der Waals surface area contributed by atoms with E-state index >= 15 is 0 Å². The van der Waals surface area contributed by atoms with Gasteiger partial charge in [0.2, 0.25) is 5.43 Å². The maximum absolute atomic E-state index is 13.4. The van der Waals surface area contributed by atoms with Gasteiger partial charge in [-0.15, -0.1) is 11.3 Å². The number of pyridine rings is 2. The number of hydrogen-bond acceptors (Lipinski definition) is 8. The number of anilines is 1. The average Bonchev–Trinajstić information content (AvgIpc) is 3.45. The van der Waals surface area contributed by atoms with Crippen LogP contribution in [0.5, 0.6) is 5.75 Å². The number of amides is 2. The number of aromatic nitrogens is 3. The number of benzene rings is 1. The number of fused-ring (bicyclic) bond motifs is 1. The number of aromatic carboxylic acids is 1. The van der Waals surface area contributed by atoms with Crippen molar-refractivity contribution in [1.82, 2.24) is 19.9 Å². The number of ether oxygens (including phenoxy) is 1. The minimum atomic E-state index is -4.71. The third-order valence-electron chi connectivity index (χ3n) is 6.70. The minimum absolute atomic E-state index is 0.0199. The van der Waals surface area contributed by atoms with E-state index in [0.29, 0.717) is 17.9 Å². The van der Waals surface area contributed by atoms with Gasteiger partial charge in [-0.05, 0) is 25.0 Å². The Kier molecular flexibility index (Phi) is 9.06. The van der Waals surface area contributed by atoms with Gasteiger partial charge in [0.1, 0.15) is 22.1 Å². The number of thiazole rings is 1. The second kappa shape index (κ2) is 12.4. The van der Waals surface area contributed by atoms with Gasteiger partial charge in [-0.3, -0.25) is 10.1 Å². The van der Waals surface area contributed by atoms with E-state index in [2.05, 4.69) is 20.6 Å². The number of carbonyl (C=O) groups excluding carboxylic acids is 1. The first-order chi connectivity index (χ1) is 20.3. The Hall–Kier alpha value is -4.50. The van der Waals surface area contributed by atoms with Crippen LogP contribution in [0.2, 0.25) is 0 Å². The first-order valence-electron chi connectivity index (χ1n) is 13.0. The van der Waals surface area contributed by atoms with Gasteiger partial charge in [0.25, 0.3) is 0 Å². The molecule has 0 spiro atoms. The highest BCUT2D eigenvalue weighted by molar-refractivity contribution is 7.13. The number of aliphatic hydroxyl groups is 1. The summed E-state index contributed by atoms with van der Waals surface area (Å²) in [5, 5.41) is 25.7. The van der Waals surface area contributed by atoms with Crippen LogP contribution in [-0.4, -0.2) is 57.0 Å². The lowest BCUT2D eigenvalue weighted by Crippen LogP contribution is -2.28. The number of urea groups is 1. The van der Waals surface area contributed by atoms with Crippen molar-refractivity contribution in [2.45, 2.75) is 33.0 Å². The van der Waals surface area contributed by atoms with Gasteiger partial charge in [-0.1, -0.05) is 13.8 Å². The van der Waals surface area contributed by atoms with Crippen molar-refractivity contribution in [3.8, 4) is 27.4 Å². The fraction of sp³-hybridized carbons (Fsp3) is 0.321. The second-order valence-electron chi connectivity index (χ2n) is 9.78. The summed E-state index contributed by atoms with van der Waals surface area (Å²) < 4.78 is 47.5. The summed E-state index contributed by atoms with van der Waals surface area (Å²) in [7, 11) is 1.36. The number of aliphatic hydroxyl groups excluding tert-OH is 1. The number of nitrogens with one attached hydrogen (secondary N) is 2. The van der Waals surface area contributed by atoms with Gasteiger partial charge < -0.3 is 24.8 Å². The van der Waals surface area contributed by atoms with E-state index in [4.69, 9.17) is 4.74 Å². The normalized spacial score (nSPS) is 12.4. The standard InChI is InChI=1S/C28H28F3N5O6S/c1-5-32-27(41)35-23-7-15(25-34-22(12-43-25)28(29,30)31)17(9-33-23)14-6-16-19(8-21(14)42-4)36(20(11-37)13(2)3)10-18(24(16)38)26(39)40/h6-10,12-13,20,37H,5,11H2,1-4H3,(H,39,40)(H2,32,33,35,41). The zero-order valence-corrected chi connectivity index (χ0v) is 24.3. The van der Waals surface area contributed by atoms with Crippen molar-refractivity contribution in [1.29, 1.82) is 0 Å². The number of hydrogen-bond donors (Lipinski definition) is 4. The summed E-state index contributed by atoms with van der Waals surface area (Å²) >= 11 is 0.716. The zero-order chi connectivity index (χ0) is 31.6. The Morgan fingerprint density at radius 2 is 1.88 bits per heavy atom. The number of carboxylic acid groups (broad SMARTS) is 1. The number of nitrogens with zero attached hydrogens (tertiary/aromatic N) is 3. The molecule has 0 aliphatic heterocycles. The predicted molar refractivity (Wildman–Crippen MR) is 155 cm³/mol. The number of carbonyl (C=O) groups is 2. The molecule has 11 nitrogen and oxygen atoms in total. The molecular weight excluding hydrogens is 591 g/mol. The Labute approximate surface area is 247 Å². The molecule has 0 fully saturated rings. The number of halogens is 3.